The zero-order valence-corrected chi connectivity index (χ0v) is 16.1. The number of benzene rings is 1. The van der Waals surface area contributed by atoms with Crippen molar-refractivity contribution >= 4 is 45.0 Å². The van der Waals surface area contributed by atoms with Gasteiger partial charge in [-0.2, -0.15) is 0 Å². The molecule has 2 heterocycles. The zero-order chi connectivity index (χ0) is 17.6. The van der Waals surface area contributed by atoms with Crippen molar-refractivity contribution in [1.82, 2.24) is 15.1 Å². The smallest absolute Gasteiger partial charge is 0.244 e. The third-order valence-corrected chi connectivity index (χ3v) is 6.15. The van der Waals surface area contributed by atoms with E-state index in [-0.39, 0.29) is 5.91 Å². The second-order valence-electron chi connectivity index (χ2n) is 6.40. The number of amides is 1. The van der Waals surface area contributed by atoms with E-state index in [4.69, 9.17) is 11.6 Å². The van der Waals surface area contributed by atoms with Gasteiger partial charge in [0.2, 0.25) is 5.91 Å². The molecule has 134 valence electrons. The summed E-state index contributed by atoms with van der Waals surface area (Å²) in [5, 5.41) is 4.72. The van der Waals surface area contributed by atoms with Gasteiger partial charge < -0.3 is 15.1 Å². The van der Waals surface area contributed by atoms with E-state index in [0.29, 0.717) is 6.54 Å². The fraction of sp³-hybridized carbons (Fsp3) is 0.421. The summed E-state index contributed by atoms with van der Waals surface area (Å²) in [5.41, 5.74) is 0. The third kappa shape index (κ3) is 5.05. The Bertz CT molecular complexity index is 750. The quantitative estimate of drug-likeness (QED) is 0.619. The number of hydrogen-bond acceptors (Lipinski definition) is 4. The highest BCUT2D eigenvalue weighted by Crippen LogP contribution is 2.35. The fourth-order valence-electron chi connectivity index (χ4n) is 2.94. The molecule has 2 aromatic rings. The minimum atomic E-state index is -0.0631. The molecule has 1 fully saturated rings. The van der Waals surface area contributed by atoms with Gasteiger partial charge in [-0.1, -0.05) is 29.8 Å². The molecular weight excluding hydrogens is 354 g/mol. The molecule has 25 heavy (non-hydrogen) atoms. The highest BCUT2D eigenvalue weighted by molar-refractivity contribution is 7.20. The van der Waals surface area contributed by atoms with E-state index in [9.17, 15) is 4.79 Å². The summed E-state index contributed by atoms with van der Waals surface area (Å²) in [7, 11) is 2.16. The Morgan fingerprint density at radius 2 is 2.04 bits per heavy atom. The van der Waals surface area contributed by atoms with Gasteiger partial charge in [0.25, 0.3) is 0 Å². The van der Waals surface area contributed by atoms with Crippen LogP contribution in [0.1, 0.15) is 11.3 Å². The number of fused-ring (bicyclic) bond motifs is 1. The van der Waals surface area contributed by atoms with Crippen molar-refractivity contribution in [3.8, 4) is 0 Å². The lowest BCUT2D eigenvalue weighted by atomic mass is 10.2. The van der Waals surface area contributed by atoms with Crippen molar-refractivity contribution in [3.63, 3.8) is 0 Å². The van der Waals surface area contributed by atoms with Crippen molar-refractivity contribution < 1.29 is 4.79 Å². The van der Waals surface area contributed by atoms with E-state index in [1.54, 1.807) is 17.4 Å². The Kier molecular flexibility index (Phi) is 6.48. The summed E-state index contributed by atoms with van der Waals surface area (Å²) in [6.45, 7) is 6.25. The Labute approximate surface area is 158 Å². The highest BCUT2D eigenvalue weighted by atomic mass is 35.5. The molecule has 1 saturated heterocycles. The third-order valence-electron chi connectivity index (χ3n) is 4.49. The predicted octanol–water partition coefficient (Wildman–Crippen LogP) is 3.32. The standard InChI is InChI=1S/C19H24ClN3OS/c1-22-11-13-23(14-12-22)10-4-9-21-18(24)8-7-17-19(20)15-5-2-3-6-16(15)25-17/h2-3,5-8H,4,9-14H2,1H3,(H,21,24)/b8-7+. The molecule has 3 rings (SSSR count). The maximum atomic E-state index is 12.0. The summed E-state index contributed by atoms with van der Waals surface area (Å²) < 4.78 is 1.14. The van der Waals surface area contributed by atoms with Gasteiger partial charge in [0.05, 0.1) is 5.02 Å². The number of carbonyl (C=O) groups excluding carboxylic acids is 1. The Balaban J connectivity index is 1.42. The number of likely N-dealkylation sites (N-methyl/N-ethyl adjacent to an activating group) is 1. The molecule has 0 aliphatic carbocycles. The molecule has 0 bridgehead atoms. The molecule has 1 aromatic heterocycles. The first kappa shape index (κ1) is 18.4. The Morgan fingerprint density at radius 3 is 2.80 bits per heavy atom. The lowest BCUT2D eigenvalue weighted by Gasteiger charge is -2.32. The minimum absolute atomic E-state index is 0.0631. The summed E-state index contributed by atoms with van der Waals surface area (Å²) in [5.74, 6) is -0.0631. The number of piperazine rings is 1. The Morgan fingerprint density at radius 1 is 1.28 bits per heavy atom. The van der Waals surface area contributed by atoms with Crippen LogP contribution in [-0.4, -0.2) is 62.0 Å². The van der Waals surface area contributed by atoms with Gasteiger partial charge in [0.15, 0.2) is 0 Å². The maximum Gasteiger partial charge on any atom is 0.244 e. The van der Waals surface area contributed by atoms with Crippen LogP contribution >= 0.6 is 22.9 Å². The van der Waals surface area contributed by atoms with Gasteiger partial charge in [-0.25, -0.2) is 0 Å². The first-order chi connectivity index (χ1) is 12.1. The lowest BCUT2D eigenvalue weighted by molar-refractivity contribution is -0.116. The molecule has 1 N–H and O–H groups in total. The second kappa shape index (κ2) is 8.81. The number of nitrogens with one attached hydrogen (secondary N) is 1. The monoisotopic (exact) mass is 377 g/mol. The highest BCUT2D eigenvalue weighted by Gasteiger charge is 2.12. The second-order valence-corrected chi connectivity index (χ2v) is 7.86. The summed E-state index contributed by atoms with van der Waals surface area (Å²) in [6, 6.07) is 8.02. The summed E-state index contributed by atoms with van der Waals surface area (Å²) in [4.78, 5) is 17.7. The van der Waals surface area contributed by atoms with Crippen LogP contribution < -0.4 is 5.32 Å². The van der Waals surface area contributed by atoms with E-state index in [1.165, 1.54) is 0 Å². The van der Waals surface area contributed by atoms with Gasteiger partial charge in [-0.05, 0) is 32.2 Å². The lowest BCUT2D eigenvalue weighted by Crippen LogP contribution is -2.45. The summed E-state index contributed by atoms with van der Waals surface area (Å²) >= 11 is 7.99. The number of rotatable bonds is 6. The minimum Gasteiger partial charge on any atom is -0.353 e. The number of halogens is 1. The van der Waals surface area contributed by atoms with Crippen LogP contribution in [0, 0.1) is 0 Å². The molecular formula is C19H24ClN3OS. The van der Waals surface area contributed by atoms with Crippen LogP contribution in [0.2, 0.25) is 5.02 Å². The molecule has 0 saturated carbocycles. The van der Waals surface area contributed by atoms with Gasteiger partial charge in [-0.3, -0.25) is 4.79 Å². The van der Waals surface area contributed by atoms with Crippen molar-refractivity contribution in [2.75, 3.05) is 46.3 Å². The van der Waals surface area contributed by atoms with Crippen molar-refractivity contribution in [1.29, 1.82) is 0 Å². The number of nitrogens with zero attached hydrogens (tertiary/aromatic N) is 2. The maximum absolute atomic E-state index is 12.0. The number of thiophene rings is 1. The first-order valence-corrected chi connectivity index (χ1v) is 9.87. The topological polar surface area (TPSA) is 35.6 Å². The van der Waals surface area contributed by atoms with Gasteiger partial charge in [0.1, 0.15) is 0 Å². The molecule has 0 radical (unpaired) electrons. The molecule has 1 aromatic carbocycles. The summed E-state index contributed by atoms with van der Waals surface area (Å²) in [6.07, 6.45) is 4.36. The SMILES string of the molecule is CN1CCN(CCCNC(=O)/C=C/c2sc3ccccc3c2Cl)CC1. The zero-order valence-electron chi connectivity index (χ0n) is 14.5. The van der Waals surface area contributed by atoms with E-state index in [0.717, 1.165) is 59.1 Å². The van der Waals surface area contributed by atoms with Crippen molar-refractivity contribution in [3.05, 3.63) is 40.2 Å². The molecule has 4 nitrogen and oxygen atoms in total. The van der Waals surface area contributed by atoms with Crippen LogP contribution in [-0.2, 0) is 4.79 Å². The fourth-order valence-corrected chi connectivity index (χ4v) is 4.33. The van der Waals surface area contributed by atoms with Crippen molar-refractivity contribution in [2.45, 2.75) is 6.42 Å². The molecule has 0 spiro atoms. The predicted molar refractivity (Wildman–Crippen MR) is 107 cm³/mol. The molecule has 6 heteroatoms. The first-order valence-electron chi connectivity index (χ1n) is 8.67. The van der Waals surface area contributed by atoms with Crippen LogP contribution in [0.15, 0.2) is 30.3 Å². The molecule has 1 amide bonds. The molecule has 0 atom stereocenters. The van der Waals surface area contributed by atoms with E-state index < -0.39 is 0 Å². The average Bonchev–Trinajstić information content (AvgIpc) is 2.95. The average molecular weight is 378 g/mol. The molecule has 0 unspecified atom stereocenters. The number of hydrogen-bond donors (Lipinski definition) is 1. The van der Waals surface area contributed by atoms with Crippen LogP contribution in [0.25, 0.3) is 16.2 Å². The van der Waals surface area contributed by atoms with E-state index in [1.807, 2.05) is 30.3 Å². The van der Waals surface area contributed by atoms with Crippen molar-refractivity contribution in [2.24, 2.45) is 0 Å². The van der Waals surface area contributed by atoms with Gasteiger partial charge >= 0.3 is 0 Å². The van der Waals surface area contributed by atoms with E-state index in [2.05, 4.69) is 22.2 Å². The van der Waals surface area contributed by atoms with Gasteiger partial charge in [0, 0.05) is 53.8 Å². The van der Waals surface area contributed by atoms with Crippen LogP contribution in [0.5, 0.6) is 0 Å². The normalized spacial score (nSPS) is 16.7. The molecule has 1 aliphatic heterocycles. The van der Waals surface area contributed by atoms with Crippen LogP contribution in [0.4, 0.5) is 0 Å². The molecule has 1 aliphatic rings. The number of carbonyl (C=O) groups is 1. The van der Waals surface area contributed by atoms with E-state index >= 15 is 0 Å². The Hall–Kier alpha value is -1.40. The largest absolute Gasteiger partial charge is 0.353 e. The van der Waals surface area contributed by atoms with Crippen LogP contribution in [0.3, 0.4) is 0 Å². The van der Waals surface area contributed by atoms with Gasteiger partial charge in [-0.15, -0.1) is 11.3 Å².